The van der Waals surface area contributed by atoms with Gasteiger partial charge in [0, 0.05) is 24.9 Å². The van der Waals surface area contributed by atoms with Gasteiger partial charge in [0.1, 0.15) is 5.82 Å². The molecule has 0 aliphatic carbocycles. The van der Waals surface area contributed by atoms with Crippen LogP contribution in [0.4, 0.5) is 10.1 Å². The molecule has 1 N–H and O–H groups in total. The van der Waals surface area contributed by atoms with Gasteiger partial charge < -0.3 is 10.1 Å². The number of hydrogen-bond acceptors (Lipinski definition) is 4. The molecule has 1 aliphatic rings. The summed E-state index contributed by atoms with van der Waals surface area (Å²) in [6.07, 6.45) is 2.92. The van der Waals surface area contributed by atoms with Gasteiger partial charge in [-0.25, -0.2) is 12.8 Å². The number of amides is 1. The van der Waals surface area contributed by atoms with Crippen LogP contribution in [0.3, 0.4) is 0 Å². The van der Waals surface area contributed by atoms with E-state index in [4.69, 9.17) is 4.74 Å². The fourth-order valence-electron chi connectivity index (χ4n) is 2.80. The molecule has 1 aliphatic heterocycles. The van der Waals surface area contributed by atoms with Crippen molar-refractivity contribution >= 4 is 27.7 Å². The van der Waals surface area contributed by atoms with Crippen molar-refractivity contribution in [2.45, 2.75) is 11.8 Å². The molecule has 2 aromatic carbocycles. The molecule has 2 aromatic rings. The Kier molecular flexibility index (Phi) is 6.23. The molecule has 1 heterocycles. The number of morpholine rings is 1. The molecule has 0 spiro atoms. The minimum atomic E-state index is -3.54. The standard InChI is InChI=1S/C20H21FN2O4S/c1-15-14-17(21)5-8-19(15)22-20(24)9-4-16-2-6-18(7-3-16)28(25,26)23-10-12-27-13-11-23/h2-9,14H,10-13H2,1H3,(H,22,24)/b9-4+. The van der Waals surface area contributed by atoms with Gasteiger partial charge in [0.05, 0.1) is 18.1 Å². The van der Waals surface area contributed by atoms with Crippen molar-refractivity contribution in [1.82, 2.24) is 4.31 Å². The zero-order chi connectivity index (χ0) is 20.1. The van der Waals surface area contributed by atoms with Crippen LogP contribution in [0.25, 0.3) is 6.08 Å². The summed E-state index contributed by atoms with van der Waals surface area (Å²) in [5, 5.41) is 2.68. The van der Waals surface area contributed by atoms with Gasteiger partial charge in [-0.15, -0.1) is 0 Å². The number of anilines is 1. The van der Waals surface area contributed by atoms with Crippen molar-refractivity contribution in [2.75, 3.05) is 31.6 Å². The Bertz CT molecular complexity index is 982. The summed E-state index contributed by atoms with van der Waals surface area (Å²) in [5.74, 6) is -0.724. The average molecular weight is 404 g/mol. The molecule has 0 aromatic heterocycles. The minimum absolute atomic E-state index is 0.206. The van der Waals surface area contributed by atoms with Crippen LogP contribution in [-0.2, 0) is 19.6 Å². The number of carbonyl (C=O) groups is 1. The summed E-state index contributed by atoms with van der Waals surface area (Å²) in [7, 11) is -3.54. The Morgan fingerprint density at radius 1 is 1.14 bits per heavy atom. The van der Waals surface area contributed by atoms with E-state index in [0.29, 0.717) is 43.1 Å². The maximum atomic E-state index is 13.1. The van der Waals surface area contributed by atoms with E-state index in [2.05, 4.69) is 5.32 Å². The first kappa shape index (κ1) is 20.2. The zero-order valence-corrected chi connectivity index (χ0v) is 16.2. The van der Waals surface area contributed by atoms with Gasteiger partial charge in [-0.1, -0.05) is 12.1 Å². The molecule has 1 amide bonds. The summed E-state index contributed by atoms with van der Waals surface area (Å²) in [4.78, 5) is 12.3. The number of nitrogens with one attached hydrogen (secondary N) is 1. The largest absolute Gasteiger partial charge is 0.379 e. The molecule has 0 bridgehead atoms. The highest BCUT2D eigenvalue weighted by molar-refractivity contribution is 7.89. The molecule has 148 valence electrons. The Morgan fingerprint density at radius 3 is 2.46 bits per heavy atom. The van der Waals surface area contributed by atoms with Crippen LogP contribution in [-0.4, -0.2) is 44.9 Å². The van der Waals surface area contributed by atoms with E-state index in [1.165, 1.54) is 40.7 Å². The molecule has 6 nitrogen and oxygen atoms in total. The number of ether oxygens (including phenoxy) is 1. The van der Waals surface area contributed by atoms with E-state index in [1.54, 1.807) is 25.1 Å². The summed E-state index contributed by atoms with van der Waals surface area (Å²) in [5.41, 5.74) is 1.84. The van der Waals surface area contributed by atoms with Gasteiger partial charge >= 0.3 is 0 Å². The Hall–Kier alpha value is -2.55. The minimum Gasteiger partial charge on any atom is -0.379 e. The third-order valence-electron chi connectivity index (χ3n) is 4.36. The number of benzene rings is 2. The summed E-state index contributed by atoms with van der Waals surface area (Å²) in [6.45, 7) is 3.17. The van der Waals surface area contributed by atoms with E-state index in [-0.39, 0.29) is 16.6 Å². The molecule has 1 saturated heterocycles. The quantitative estimate of drug-likeness (QED) is 0.778. The van der Waals surface area contributed by atoms with E-state index in [1.807, 2.05) is 0 Å². The van der Waals surface area contributed by atoms with E-state index < -0.39 is 10.0 Å². The number of hydrogen-bond donors (Lipinski definition) is 1. The molecule has 1 fully saturated rings. The Labute approximate surface area is 163 Å². The summed E-state index contributed by atoms with van der Waals surface area (Å²) < 4.78 is 44.9. The van der Waals surface area contributed by atoms with Gasteiger partial charge in [-0.2, -0.15) is 4.31 Å². The van der Waals surface area contributed by atoms with E-state index in [9.17, 15) is 17.6 Å². The zero-order valence-electron chi connectivity index (χ0n) is 15.4. The smallest absolute Gasteiger partial charge is 0.248 e. The van der Waals surface area contributed by atoms with Crippen LogP contribution in [0.1, 0.15) is 11.1 Å². The van der Waals surface area contributed by atoms with Crippen molar-refractivity contribution < 1.29 is 22.3 Å². The van der Waals surface area contributed by atoms with Crippen molar-refractivity contribution in [3.8, 4) is 0 Å². The second-order valence-electron chi connectivity index (χ2n) is 6.37. The molecule has 0 saturated carbocycles. The second kappa shape index (κ2) is 8.64. The molecule has 8 heteroatoms. The molecular formula is C20H21FN2O4S. The monoisotopic (exact) mass is 404 g/mol. The van der Waals surface area contributed by atoms with Crippen LogP contribution in [0.15, 0.2) is 53.4 Å². The van der Waals surface area contributed by atoms with Gasteiger partial charge in [0.25, 0.3) is 0 Å². The molecule has 0 atom stereocenters. The molecule has 0 unspecified atom stereocenters. The van der Waals surface area contributed by atoms with Crippen molar-refractivity contribution in [1.29, 1.82) is 0 Å². The topological polar surface area (TPSA) is 75.7 Å². The Morgan fingerprint density at radius 2 is 1.82 bits per heavy atom. The number of sulfonamides is 1. The Balaban J connectivity index is 1.65. The normalized spacial score (nSPS) is 15.6. The predicted octanol–water partition coefficient (Wildman–Crippen LogP) is 2.81. The number of halogens is 1. The first-order chi connectivity index (χ1) is 13.4. The number of aryl methyl sites for hydroxylation is 1. The fraction of sp³-hybridized carbons (Fsp3) is 0.250. The molecule has 28 heavy (non-hydrogen) atoms. The maximum absolute atomic E-state index is 13.1. The third kappa shape index (κ3) is 4.83. The highest BCUT2D eigenvalue weighted by atomic mass is 32.2. The lowest BCUT2D eigenvalue weighted by molar-refractivity contribution is -0.111. The maximum Gasteiger partial charge on any atom is 0.248 e. The number of carbonyl (C=O) groups excluding carboxylic acids is 1. The first-order valence-electron chi connectivity index (χ1n) is 8.79. The predicted molar refractivity (Wildman–Crippen MR) is 105 cm³/mol. The number of nitrogens with zero attached hydrogens (tertiary/aromatic N) is 1. The van der Waals surface area contributed by atoms with Crippen LogP contribution in [0, 0.1) is 12.7 Å². The molecule has 0 radical (unpaired) electrons. The van der Waals surface area contributed by atoms with Gasteiger partial charge in [0.15, 0.2) is 0 Å². The van der Waals surface area contributed by atoms with E-state index >= 15 is 0 Å². The summed E-state index contributed by atoms with van der Waals surface area (Å²) >= 11 is 0. The van der Waals surface area contributed by atoms with Gasteiger partial charge in [-0.05, 0) is 54.5 Å². The highest BCUT2D eigenvalue weighted by Gasteiger charge is 2.25. The van der Waals surface area contributed by atoms with Crippen molar-refractivity contribution in [3.05, 3.63) is 65.5 Å². The van der Waals surface area contributed by atoms with Gasteiger partial charge in [0.2, 0.25) is 15.9 Å². The fourth-order valence-corrected chi connectivity index (χ4v) is 4.21. The van der Waals surface area contributed by atoms with Crippen LogP contribution < -0.4 is 5.32 Å². The second-order valence-corrected chi connectivity index (χ2v) is 8.31. The summed E-state index contributed by atoms with van der Waals surface area (Å²) in [6, 6.07) is 10.4. The highest BCUT2D eigenvalue weighted by Crippen LogP contribution is 2.19. The lowest BCUT2D eigenvalue weighted by Gasteiger charge is -2.26. The van der Waals surface area contributed by atoms with Gasteiger partial charge in [-0.3, -0.25) is 4.79 Å². The SMILES string of the molecule is Cc1cc(F)ccc1NC(=O)/C=C/c1ccc(S(=O)(=O)N2CCOCC2)cc1. The molecule has 3 rings (SSSR count). The lowest BCUT2D eigenvalue weighted by Crippen LogP contribution is -2.40. The first-order valence-corrected chi connectivity index (χ1v) is 10.2. The lowest BCUT2D eigenvalue weighted by atomic mass is 10.2. The number of rotatable bonds is 5. The third-order valence-corrected chi connectivity index (χ3v) is 6.27. The van der Waals surface area contributed by atoms with Crippen LogP contribution in [0.2, 0.25) is 0 Å². The van der Waals surface area contributed by atoms with Crippen molar-refractivity contribution in [2.24, 2.45) is 0 Å². The van der Waals surface area contributed by atoms with Crippen LogP contribution >= 0.6 is 0 Å². The average Bonchev–Trinajstić information content (AvgIpc) is 2.69. The van der Waals surface area contributed by atoms with E-state index in [0.717, 1.165) is 0 Å². The van der Waals surface area contributed by atoms with Crippen molar-refractivity contribution in [3.63, 3.8) is 0 Å². The van der Waals surface area contributed by atoms with Crippen LogP contribution in [0.5, 0.6) is 0 Å². The molecular weight excluding hydrogens is 383 g/mol.